The fourth-order valence-electron chi connectivity index (χ4n) is 1.86. The molecule has 0 fully saturated rings. The van der Waals surface area contributed by atoms with E-state index in [1.54, 1.807) is 4.68 Å². The lowest BCUT2D eigenvalue weighted by Gasteiger charge is -2.11. The van der Waals surface area contributed by atoms with Crippen molar-refractivity contribution in [2.24, 2.45) is 0 Å². The molecule has 0 spiro atoms. The van der Waals surface area contributed by atoms with Crippen LogP contribution in [0, 0.1) is 0 Å². The van der Waals surface area contributed by atoms with Crippen LogP contribution < -0.4 is 0 Å². The summed E-state index contributed by atoms with van der Waals surface area (Å²) in [6.07, 6.45) is -0.603. The van der Waals surface area contributed by atoms with Crippen LogP contribution in [0.5, 0.6) is 0 Å². The van der Waals surface area contributed by atoms with Gasteiger partial charge >= 0.3 is 0 Å². The molecule has 0 aliphatic carbocycles. The maximum atomic E-state index is 13.5. The Bertz CT molecular complexity index is 393. The number of amides is 1. The van der Waals surface area contributed by atoms with Crippen LogP contribution in [-0.4, -0.2) is 34.9 Å². The molecule has 0 bridgehead atoms. The minimum atomic E-state index is -1.03. The monoisotopic (exact) mass is 227 g/mol. The smallest absolute Gasteiger partial charge is 0.274 e. The van der Waals surface area contributed by atoms with Gasteiger partial charge in [-0.25, -0.2) is 9.45 Å². The molecular weight excluding hydrogens is 213 g/mol. The Hall–Kier alpha value is -1.43. The van der Waals surface area contributed by atoms with E-state index in [2.05, 4.69) is 5.10 Å². The molecule has 16 heavy (non-hydrogen) atoms. The van der Waals surface area contributed by atoms with E-state index < -0.39 is 6.17 Å². The van der Waals surface area contributed by atoms with Gasteiger partial charge in [-0.3, -0.25) is 14.3 Å². The van der Waals surface area contributed by atoms with Crippen molar-refractivity contribution in [1.29, 1.82) is 0 Å². The quantitative estimate of drug-likeness (QED) is 0.719. The second-order valence-corrected chi connectivity index (χ2v) is 3.94. The van der Waals surface area contributed by atoms with E-state index in [1.807, 2.05) is 6.92 Å². The second kappa shape index (κ2) is 3.86. The van der Waals surface area contributed by atoms with Crippen LogP contribution in [0.1, 0.15) is 41.7 Å². The molecule has 2 heterocycles. The maximum absolute atomic E-state index is 13.5. The number of alkyl halides is 1. The van der Waals surface area contributed by atoms with Gasteiger partial charge in [-0.2, -0.15) is 5.10 Å². The van der Waals surface area contributed by atoms with Gasteiger partial charge in [0.25, 0.3) is 5.91 Å². The molecule has 1 amide bonds. The molecule has 88 valence electrons. The average molecular weight is 227 g/mol. The van der Waals surface area contributed by atoms with Crippen LogP contribution in [0.25, 0.3) is 0 Å². The minimum absolute atomic E-state index is 0.000555. The van der Waals surface area contributed by atoms with Gasteiger partial charge in [0.2, 0.25) is 0 Å². The van der Waals surface area contributed by atoms with Gasteiger partial charge in [0.1, 0.15) is 6.17 Å². The lowest BCUT2D eigenvalue weighted by atomic mass is 10.2. The first kappa shape index (κ1) is 11.1. The van der Waals surface area contributed by atoms with Crippen LogP contribution in [0.4, 0.5) is 4.39 Å². The normalized spacial score (nSPS) is 23.2. The highest BCUT2D eigenvalue weighted by atomic mass is 19.1. The lowest BCUT2D eigenvalue weighted by Crippen LogP contribution is -2.26. The van der Waals surface area contributed by atoms with E-state index in [0.29, 0.717) is 12.1 Å². The number of hydrogen-bond acceptors (Lipinski definition) is 3. The van der Waals surface area contributed by atoms with Gasteiger partial charge in [0.15, 0.2) is 5.69 Å². The van der Waals surface area contributed by atoms with Gasteiger partial charge < -0.3 is 0 Å². The Balaban J connectivity index is 2.30. The number of carbonyl (C=O) groups excluding carboxylic acids is 1. The zero-order valence-corrected chi connectivity index (χ0v) is 9.48. The summed E-state index contributed by atoms with van der Waals surface area (Å²) in [5.74, 6) is -0.371. The van der Waals surface area contributed by atoms with Crippen molar-refractivity contribution >= 4 is 5.91 Å². The molecule has 0 saturated carbocycles. The Morgan fingerprint density at radius 3 is 3.00 bits per heavy atom. The van der Waals surface area contributed by atoms with Gasteiger partial charge in [0.05, 0.1) is 18.8 Å². The minimum Gasteiger partial charge on any atom is -0.274 e. The highest BCUT2D eigenvalue weighted by Crippen LogP contribution is 2.36. The van der Waals surface area contributed by atoms with Gasteiger partial charge in [-0.15, -0.1) is 0 Å². The highest BCUT2D eigenvalue weighted by molar-refractivity contribution is 5.91. The van der Waals surface area contributed by atoms with Crippen molar-refractivity contribution in [3.8, 4) is 0 Å². The summed E-state index contributed by atoms with van der Waals surface area (Å²) in [5.41, 5.74) is 0.689. The molecule has 2 atom stereocenters. The largest absolute Gasteiger partial charge is 0.297 e. The summed E-state index contributed by atoms with van der Waals surface area (Å²) < 4.78 is 15.1. The number of nitrogens with zero attached hydrogens (tertiary/aromatic N) is 3. The van der Waals surface area contributed by atoms with Gasteiger partial charge in [-0.05, 0) is 13.0 Å². The van der Waals surface area contributed by atoms with E-state index in [1.165, 1.54) is 20.2 Å². The molecule has 1 aliphatic rings. The summed E-state index contributed by atoms with van der Waals surface area (Å²) >= 11 is 0. The Morgan fingerprint density at radius 2 is 2.44 bits per heavy atom. The molecule has 1 aromatic heterocycles. The molecule has 2 unspecified atom stereocenters. The number of fused-ring (bicyclic) bond motifs is 1. The average Bonchev–Trinajstić information content (AvgIpc) is 2.80. The summed E-state index contributed by atoms with van der Waals surface area (Å²) in [4.78, 5) is 16.5. The standard InChI is InChI=1S/C10H14FN3O2/c1-6-4-7(11)9-5-8(12-14(6)9)10(15)13(2)16-3/h5-7H,4H2,1-3H3. The topological polar surface area (TPSA) is 47.4 Å². The summed E-state index contributed by atoms with van der Waals surface area (Å²) in [5, 5.41) is 5.16. The van der Waals surface area contributed by atoms with Gasteiger partial charge in [0, 0.05) is 13.5 Å². The van der Waals surface area contributed by atoms with Crippen molar-refractivity contribution in [1.82, 2.24) is 14.8 Å². The predicted octanol–water partition coefficient (Wildman–Crippen LogP) is 1.49. The van der Waals surface area contributed by atoms with E-state index in [0.717, 1.165) is 5.06 Å². The van der Waals surface area contributed by atoms with Crippen molar-refractivity contribution in [2.45, 2.75) is 25.6 Å². The third-order valence-electron chi connectivity index (χ3n) is 2.83. The first-order valence-corrected chi connectivity index (χ1v) is 5.10. The Morgan fingerprint density at radius 1 is 1.75 bits per heavy atom. The molecule has 6 heteroatoms. The van der Waals surface area contributed by atoms with Gasteiger partial charge in [-0.1, -0.05) is 0 Å². The first-order valence-electron chi connectivity index (χ1n) is 5.10. The fourth-order valence-corrected chi connectivity index (χ4v) is 1.86. The number of hydroxylamine groups is 2. The Labute approximate surface area is 92.7 Å². The second-order valence-electron chi connectivity index (χ2n) is 3.94. The Kier molecular flexibility index (Phi) is 2.67. The number of hydrogen-bond donors (Lipinski definition) is 0. The van der Waals surface area contributed by atoms with E-state index in [-0.39, 0.29) is 17.6 Å². The summed E-state index contributed by atoms with van der Waals surface area (Å²) in [7, 11) is 2.88. The van der Waals surface area contributed by atoms with Crippen LogP contribution in [-0.2, 0) is 4.84 Å². The van der Waals surface area contributed by atoms with E-state index >= 15 is 0 Å². The van der Waals surface area contributed by atoms with E-state index in [4.69, 9.17) is 4.84 Å². The molecule has 1 aliphatic heterocycles. The molecule has 2 rings (SSSR count). The highest BCUT2D eigenvalue weighted by Gasteiger charge is 2.31. The molecule has 0 N–H and O–H groups in total. The maximum Gasteiger partial charge on any atom is 0.297 e. The number of carbonyl (C=O) groups is 1. The van der Waals surface area contributed by atoms with Crippen LogP contribution in [0.15, 0.2) is 6.07 Å². The van der Waals surface area contributed by atoms with Crippen molar-refractivity contribution in [3.05, 3.63) is 17.5 Å². The van der Waals surface area contributed by atoms with Crippen LogP contribution in [0.2, 0.25) is 0 Å². The van der Waals surface area contributed by atoms with Crippen molar-refractivity contribution < 1.29 is 14.0 Å². The van der Waals surface area contributed by atoms with Crippen LogP contribution >= 0.6 is 0 Å². The molecule has 1 aromatic rings. The third kappa shape index (κ3) is 1.59. The first-order chi connectivity index (χ1) is 7.54. The molecule has 0 aromatic carbocycles. The fraction of sp³-hybridized carbons (Fsp3) is 0.600. The lowest BCUT2D eigenvalue weighted by molar-refractivity contribution is -0.0761. The zero-order chi connectivity index (χ0) is 11.9. The zero-order valence-electron chi connectivity index (χ0n) is 9.48. The predicted molar refractivity (Wildman–Crippen MR) is 54.5 cm³/mol. The van der Waals surface area contributed by atoms with E-state index in [9.17, 15) is 9.18 Å². The SMILES string of the molecule is CON(C)C(=O)c1cc2n(n1)C(C)CC2F. The molecule has 0 saturated heterocycles. The number of aromatic nitrogens is 2. The number of halogens is 1. The molecule has 5 nitrogen and oxygen atoms in total. The third-order valence-corrected chi connectivity index (χ3v) is 2.83. The van der Waals surface area contributed by atoms with Crippen molar-refractivity contribution in [2.75, 3.05) is 14.2 Å². The summed E-state index contributed by atoms with van der Waals surface area (Å²) in [6, 6.07) is 1.49. The molecule has 0 radical (unpaired) electrons. The number of rotatable bonds is 2. The van der Waals surface area contributed by atoms with Crippen molar-refractivity contribution in [3.63, 3.8) is 0 Å². The van der Waals surface area contributed by atoms with Crippen LogP contribution in [0.3, 0.4) is 0 Å². The summed E-state index contributed by atoms with van der Waals surface area (Å²) in [6.45, 7) is 1.88. The molecular formula is C10H14FN3O2.